The lowest BCUT2D eigenvalue weighted by Crippen LogP contribution is -2.18. The molecule has 148 valence electrons. The normalized spacial score (nSPS) is 12.9. The van der Waals surface area contributed by atoms with Crippen molar-refractivity contribution < 1.29 is 39.9 Å². The standard InChI is InChI=1S/C16H13F6NO3S/c1-9-2-3-14(10(4-9)8-24)23-27(25,26)13-6-11(15(17,18)19)5-12(7-13)16(20,21)22/h2-7,23-24H,8H2,1H3. The first-order valence-electron chi connectivity index (χ1n) is 7.27. The summed E-state index contributed by atoms with van der Waals surface area (Å²) in [7, 11) is -4.79. The summed E-state index contributed by atoms with van der Waals surface area (Å²) in [4.78, 5) is -1.20. The van der Waals surface area contributed by atoms with Crippen LogP contribution in [-0.2, 0) is 29.0 Å². The lowest BCUT2D eigenvalue weighted by molar-refractivity contribution is -0.143. The Labute approximate surface area is 150 Å². The van der Waals surface area contributed by atoms with Crippen LogP contribution in [0.4, 0.5) is 32.0 Å². The molecule has 0 saturated heterocycles. The number of hydrogen-bond acceptors (Lipinski definition) is 3. The number of sulfonamides is 1. The molecule has 0 unspecified atom stereocenters. The highest BCUT2D eigenvalue weighted by molar-refractivity contribution is 7.92. The third-order valence-corrected chi connectivity index (χ3v) is 4.89. The number of rotatable bonds is 4. The van der Waals surface area contributed by atoms with Gasteiger partial charge in [-0.25, -0.2) is 8.42 Å². The van der Waals surface area contributed by atoms with Crippen molar-refractivity contribution in [1.82, 2.24) is 0 Å². The van der Waals surface area contributed by atoms with Gasteiger partial charge in [0.05, 0.1) is 28.3 Å². The summed E-state index contributed by atoms with van der Waals surface area (Å²) in [5, 5.41) is 9.28. The Kier molecular flexibility index (Phi) is 5.48. The van der Waals surface area contributed by atoms with Crippen LogP contribution >= 0.6 is 0 Å². The van der Waals surface area contributed by atoms with Crippen molar-refractivity contribution in [3.63, 3.8) is 0 Å². The van der Waals surface area contributed by atoms with Crippen LogP contribution < -0.4 is 4.72 Å². The Bertz CT molecular complexity index is 919. The van der Waals surface area contributed by atoms with Crippen molar-refractivity contribution in [2.24, 2.45) is 0 Å². The molecule has 2 aromatic carbocycles. The van der Waals surface area contributed by atoms with Crippen LogP contribution in [0.2, 0.25) is 0 Å². The summed E-state index contributed by atoms with van der Waals surface area (Å²) in [6.07, 6.45) is -10.3. The Morgan fingerprint density at radius 2 is 1.44 bits per heavy atom. The Morgan fingerprint density at radius 1 is 0.926 bits per heavy atom. The average Bonchev–Trinajstić information content (AvgIpc) is 2.54. The molecule has 27 heavy (non-hydrogen) atoms. The van der Waals surface area contributed by atoms with Gasteiger partial charge in [-0.3, -0.25) is 4.72 Å². The van der Waals surface area contributed by atoms with Crippen LogP contribution in [0.5, 0.6) is 0 Å². The zero-order valence-electron chi connectivity index (χ0n) is 13.6. The number of halogens is 6. The average molecular weight is 413 g/mol. The zero-order chi connectivity index (χ0) is 20.6. The maximum atomic E-state index is 12.9. The predicted octanol–water partition coefficient (Wildman–Crippen LogP) is 4.33. The monoisotopic (exact) mass is 413 g/mol. The van der Waals surface area contributed by atoms with E-state index in [1.165, 1.54) is 18.2 Å². The molecule has 0 saturated carbocycles. The molecule has 4 nitrogen and oxygen atoms in total. The van der Waals surface area contributed by atoms with Crippen LogP contribution in [0.1, 0.15) is 22.3 Å². The summed E-state index contributed by atoms with van der Waals surface area (Å²) < 4.78 is 104. The predicted molar refractivity (Wildman–Crippen MR) is 84.4 cm³/mol. The van der Waals surface area contributed by atoms with Gasteiger partial charge in [0.1, 0.15) is 0 Å². The number of aryl methyl sites for hydroxylation is 1. The van der Waals surface area contributed by atoms with Gasteiger partial charge in [0.15, 0.2) is 0 Å². The van der Waals surface area contributed by atoms with E-state index < -0.39 is 45.0 Å². The summed E-state index contributed by atoms with van der Waals surface area (Å²) in [6.45, 7) is 1.07. The van der Waals surface area contributed by atoms with E-state index in [-0.39, 0.29) is 29.4 Å². The second-order valence-electron chi connectivity index (χ2n) is 5.67. The van der Waals surface area contributed by atoms with Crippen molar-refractivity contribution in [1.29, 1.82) is 0 Å². The first-order chi connectivity index (χ1) is 12.2. The first kappa shape index (κ1) is 21.0. The van der Waals surface area contributed by atoms with Gasteiger partial charge < -0.3 is 5.11 Å². The van der Waals surface area contributed by atoms with Gasteiger partial charge in [0.25, 0.3) is 10.0 Å². The minimum Gasteiger partial charge on any atom is -0.392 e. The van der Waals surface area contributed by atoms with E-state index in [9.17, 15) is 39.9 Å². The summed E-state index contributed by atoms with van der Waals surface area (Å²) in [5.74, 6) is 0. The SMILES string of the molecule is Cc1ccc(NS(=O)(=O)c2cc(C(F)(F)F)cc(C(F)(F)F)c2)c(CO)c1. The summed E-state index contributed by atoms with van der Waals surface area (Å²) in [5.41, 5.74) is -2.87. The van der Waals surface area contributed by atoms with Gasteiger partial charge in [0.2, 0.25) is 0 Å². The molecule has 0 heterocycles. The Hall–Kier alpha value is -2.27. The zero-order valence-corrected chi connectivity index (χ0v) is 14.4. The maximum Gasteiger partial charge on any atom is 0.416 e. The third kappa shape index (κ3) is 4.92. The Morgan fingerprint density at radius 3 is 1.89 bits per heavy atom. The molecule has 0 aliphatic heterocycles. The molecule has 2 aromatic rings. The van der Waals surface area contributed by atoms with Gasteiger partial charge in [-0.2, -0.15) is 26.3 Å². The van der Waals surface area contributed by atoms with E-state index >= 15 is 0 Å². The van der Waals surface area contributed by atoms with Gasteiger partial charge >= 0.3 is 12.4 Å². The van der Waals surface area contributed by atoms with E-state index in [0.717, 1.165) is 0 Å². The van der Waals surface area contributed by atoms with Crippen LogP contribution in [0.25, 0.3) is 0 Å². The van der Waals surface area contributed by atoms with E-state index in [1.807, 2.05) is 4.72 Å². The molecule has 0 amide bonds. The minimum absolute atomic E-state index is 0.113. The van der Waals surface area contributed by atoms with Crippen molar-refractivity contribution in [2.45, 2.75) is 30.8 Å². The summed E-state index contributed by atoms with van der Waals surface area (Å²) in [6, 6.07) is 4.20. The van der Waals surface area contributed by atoms with Crippen LogP contribution in [0, 0.1) is 6.92 Å². The quantitative estimate of drug-likeness (QED) is 0.734. The second kappa shape index (κ2) is 7.04. The number of nitrogens with one attached hydrogen (secondary N) is 1. The van der Waals surface area contributed by atoms with E-state index in [2.05, 4.69) is 0 Å². The molecular weight excluding hydrogens is 400 g/mol. The van der Waals surface area contributed by atoms with Gasteiger partial charge in [-0.15, -0.1) is 0 Å². The van der Waals surface area contributed by atoms with E-state index in [4.69, 9.17) is 0 Å². The van der Waals surface area contributed by atoms with Crippen LogP contribution in [0.3, 0.4) is 0 Å². The van der Waals surface area contributed by atoms with E-state index in [0.29, 0.717) is 5.56 Å². The lowest BCUT2D eigenvalue weighted by atomic mass is 10.1. The van der Waals surface area contributed by atoms with Gasteiger partial charge in [-0.1, -0.05) is 17.7 Å². The fourth-order valence-corrected chi connectivity index (χ4v) is 3.41. The first-order valence-corrected chi connectivity index (χ1v) is 8.75. The fraction of sp³-hybridized carbons (Fsp3) is 0.250. The highest BCUT2D eigenvalue weighted by Crippen LogP contribution is 2.37. The van der Waals surface area contributed by atoms with Crippen LogP contribution in [-0.4, -0.2) is 13.5 Å². The van der Waals surface area contributed by atoms with Gasteiger partial charge in [-0.05, 0) is 31.2 Å². The van der Waals surface area contributed by atoms with Crippen LogP contribution in [0.15, 0.2) is 41.3 Å². The van der Waals surface area contributed by atoms with Gasteiger partial charge in [0, 0.05) is 5.56 Å². The summed E-state index contributed by atoms with van der Waals surface area (Å²) >= 11 is 0. The van der Waals surface area contributed by atoms with E-state index in [1.54, 1.807) is 6.92 Å². The molecule has 0 atom stereocenters. The highest BCUT2D eigenvalue weighted by Gasteiger charge is 2.38. The topological polar surface area (TPSA) is 66.4 Å². The fourth-order valence-electron chi connectivity index (χ4n) is 2.24. The number of alkyl halides is 6. The minimum atomic E-state index is -5.17. The highest BCUT2D eigenvalue weighted by atomic mass is 32.2. The molecule has 0 aliphatic rings. The molecule has 0 radical (unpaired) electrons. The molecule has 0 spiro atoms. The number of anilines is 1. The Balaban J connectivity index is 2.58. The largest absolute Gasteiger partial charge is 0.416 e. The lowest BCUT2D eigenvalue weighted by Gasteiger charge is -2.16. The molecule has 2 N–H and O–H groups in total. The number of benzene rings is 2. The molecule has 0 fully saturated rings. The van der Waals surface area contributed by atoms with Crippen molar-refractivity contribution >= 4 is 15.7 Å². The molecule has 0 bridgehead atoms. The molecule has 11 heteroatoms. The smallest absolute Gasteiger partial charge is 0.392 e. The molecular formula is C16H13F6NO3S. The van der Waals surface area contributed by atoms with Crippen molar-refractivity contribution in [2.75, 3.05) is 4.72 Å². The number of aliphatic hydroxyl groups excluding tert-OH is 1. The van der Waals surface area contributed by atoms with Crippen molar-refractivity contribution in [3.8, 4) is 0 Å². The number of aliphatic hydroxyl groups is 1. The molecule has 0 aliphatic carbocycles. The number of hydrogen-bond donors (Lipinski definition) is 2. The third-order valence-electron chi connectivity index (χ3n) is 3.55. The molecule has 0 aromatic heterocycles. The maximum absolute atomic E-state index is 12.9. The molecule has 2 rings (SSSR count). The second-order valence-corrected chi connectivity index (χ2v) is 7.35. The van der Waals surface area contributed by atoms with Crippen molar-refractivity contribution in [3.05, 3.63) is 58.7 Å².